The lowest BCUT2D eigenvalue weighted by Crippen LogP contribution is -2.22. The molecule has 0 aromatic heterocycles. The predicted molar refractivity (Wildman–Crippen MR) is 47.9 cm³/mol. The highest BCUT2D eigenvalue weighted by Gasteiger charge is 2.23. The van der Waals surface area contributed by atoms with Gasteiger partial charge in [-0.2, -0.15) is 0 Å². The molecule has 0 spiro atoms. The summed E-state index contributed by atoms with van der Waals surface area (Å²) in [6.07, 6.45) is 0.632. The van der Waals surface area contributed by atoms with E-state index in [4.69, 9.17) is 16.2 Å². The zero-order valence-corrected chi connectivity index (χ0v) is 7.09. The number of rotatable bonds is 0. The molecular weight excluding hydrogens is 171 g/mol. The summed E-state index contributed by atoms with van der Waals surface area (Å²) in [6, 6.07) is 2.52. The van der Waals surface area contributed by atoms with Crippen LogP contribution in [0.1, 0.15) is 18.0 Å². The third-order valence-corrected chi connectivity index (χ3v) is 2.22. The summed E-state index contributed by atoms with van der Waals surface area (Å²) >= 11 is 0. The molecule has 2 rings (SSSR count). The maximum absolute atomic E-state index is 13.3. The Balaban J connectivity index is 2.60. The molecule has 1 atom stereocenters. The van der Waals surface area contributed by atoms with Crippen molar-refractivity contribution in [1.82, 2.24) is 0 Å². The van der Waals surface area contributed by atoms with Crippen LogP contribution in [0.15, 0.2) is 12.1 Å². The van der Waals surface area contributed by atoms with Gasteiger partial charge in [0.2, 0.25) is 0 Å². The molecule has 0 saturated carbocycles. The molecule has 1 aromatic rings. The second-order valence-corrected chi connectivity index (χ2v) is 3.12. The number of benzene rings is 1. The Morgan fingerprint density at radius 2 is 2.23 bits per heavy atom. The summed E-state index contributed by atoms with van der Waals surface area (Å²) in [5, 5.41) is 0. The highest BCUT2D eigenvalue weighted by Crippen LogP contribution is 2.36. The number of nitrogens with two attached hydrogens (primary N) is 2. The molecule has 0 radical (unpaired) electrons. The molecule has 4 N–H and O–H groups in total. The molecular formula is C9H11FN2O. The molecule has 1 heterocycles. The summed E-state index contributed by atoms with van der Waals surface area (Å²) in [4.78, 5) is 0. The van der Waals surface area contributed by atoms with Gasteiger partial charge in [0.05, 0.1) is 12.3 Å². The van der Waals surface area contributed by atoms with Gasteiger partial charge in [-0.25, -0.2) is 4.39 Å². The Morgan fingerprint density at radius 1 is 1.46 bits per heavy atom. The summed E-state index contributed by atoms with van der Waals surface area (Å²) < 4.78 is 18.5. The number of fused-ring (bicyclic) bond motifs is 1. The Bertz CT molecular complexity index is 341. The fraction of sp³-hybridized carbons (Fsp3) is 0.333. The predicted octanol–water partition coefficient (Wildman–Crippen LogP) is 1.19. The van der Waals surface area contributed by atoms with Crippen molar-refractivity contribution in [2.45, 2.75) is 12.5 Å². The monoisotopic (exact) mass is 182 g/mol. The van der Waals surface area contributed by atoms with Gasteiger partial charge in [-0.05, 0) is 12.1 Å². The lowest BCUT2D eigenvalue weighted by atomic mass is 10.00. The normalized spacial score (nSPS) is 20.6. The SMILES string of the molecule is Nc1ccc(F)c2c1OCCC2N. The fourth-order valence-corrected chi connectivity index (χ4v) is 1.53. The van der Waals surface area contributed by atoms with Crippen LogP contribution in [0.4, 0.5) is 10.1 Å². The van der Waals surface area contributed by atoms with E-state index in [1.807, 2.05) is 0 Å². The van der Waals surface area contributed by atoms with Crippen LogP contribution in [0.25, 0.3) is 0 Å². The van der Waals surface area contributed by atoms with Crippen molar-refractivity contribution < 1.29 is 9.13 Å². The van der Waals surface area contributed by atoms with E-state index in [0.29, 0.717) is 30.0 Å². The molecule has 0 amide bonds. The van der Waals surface area contributed by atoms with Crippen molar-refractivity contribution in [3.63, 3.8) is 0 Å². The quantitative estimate of drug-likeness (QED) is 0.592. The van der Waals surface area contributed by atoms with E-state index < -0.39 is 0 Å². The molecule has 0 aliphatic carbocycles. The lowest BCUT2D eigenvalue weighted by molar-refractivity contribution is 0.265. The standard InChI is InChI=1S/C9H11FN2O/c10-5-1-2-7(12)9-8(5)6(11)3-4-13-9/h1-2,6H,3-4,11-12H2. The Hall–Kier alpha value is -1.29. The summed E-state index contributed by atoms with van der Waals surface area (Å²) in [7, 11) is 0. The molecule has 1 aromatic carbocycles. The van der Waals surface area contributed by atoms with Crippen LogP contribution < -0.4 is 16.2 Å². The van der Waals surface area contributed by atoms with E-state index in [-0.39, 0.29) is 11.9 Å². The van der Waals surface area contributed by atoms with Crippen LogP contribution >= 0.6 is 0 Å². The van der Waals surface area contributed by atoms with Gasteiger partial charge in [-0.15, -0.1) is 0 Å². The first-order valence-electron chi connectivity index (χ1n) is 4.16. The average molecular weight is 182 g/mol. The van der Waals surface area contributed by atoms with Crippen LogP contribution in [0, 0.1) is 5.82 Å². The smallest absolute Gasteiger partial charge is 0.149 e. The summed E-state index contributed by atoms with van der Waals surface area (Å²) in [6.45, 7) is 0.502. The van der Waals surface area contributed by atoms with Crippen molar-refractivity contribution in [1.29, 1.82) is 0 Å². The van der Waals surface area contributed by atoms with Gasteiger partial charge in [0.1, 0.15) is 11.6 Å². The van der Waals surface area contributed by atoms with E-state index in [2.05, 4.69) is 0 Å². The highest BCUT2D eigenvalue weighted by molar-refractivity contribution is 5.58. The van der Waals surface area contributed by atoms with Crippen molar-refractivity contribution in [3.05, 3.63) is 23.5 Å². The molecule has 13 heavy (non-hydrogen) atoms. The Labute approximate surface area is 75.5 Å². The maximum Gasteiger partial charge on any atom is 0.149 e. The molecule has 3 nitrogen and oxygen atoms in total. The van der Waals surface area contributed by atoms with Crippen LogP contribution in [-0.4, -0.2) is 6.61 Å². The summed E-state index contributed by atoms with van der Waals surface area (Å²) in [5.74, 6) is 0.0788. The van der Waals surface area contributed by atoms with E-state index in [0.717, 1.165) is 0 Å². The second kappa shape index (κ2) is 2.88. The molecule has 1 aliphatic rings. The van der Waals surface area contributed by atoms with Gasteiger partial charge < -0.3 is 16.2 Å². The van der Waals surface area contributed by atoms with Gasteiger partial charge in [0.25, 0.3) is 0 Å². The Kier molecular flexibility index (Phi) is 1.84. The molecule has 4 heteroatoms. The van der Waals surface area contributed by atoms with E-state index >= 15 is 0 Å². The molecule has 1 unspecified atom stereocenters. The minimum Gasteiger partial charge on any atom is -0.491 e. The first-order valence-corrected chi connectivity index (χ1v) is 4.16. The van der Waals surface area contributed by atoms with Gasteiger partial charge in [-0.1, -0.05) is 0 Å². The molecule has 70 valence electrons. The molecule has 0 fully saturated rings. The van der Waals surface area contributed by atoms with Gasteiger partial charge in [-0.3, -0.25) is 0 Å². The van der Waals surface area contributed by atoms with Crippen LogP contribution in [0.3, 0.4) is 0 Å². The van der Waals surface area contributed by atoms with E-state index in [1.165, 1.54) is 12.1 Å². The third-order valence-electron chi connectivity index (χ3n) is 2.22. The minimum atomic E-state index is -0.337. The number of hydrogen-bond acceptors (Lipinski definition) is 3. The zero-order chi connectivity index (χ0) is 9.42. The van der Waals surface area contributed by atoms with Crippen molar-refractivity contribution in [3.8, 4) is 5.75 Å². The van der Waals surface area contributed by atoms with Gasteiger partial charge in [0, 0.05) is 18.0 Å². The number of halogens is 1. The number of ether oxygens (including phenoxy) is 1. The zero-order valence-electron chi connectivity index (χ0n) is 7.09. The van der Waals surface area contributed by atoms with Crippen molar-refractivity contribution >= 4 is 5.69 Å². The van der Waals surface area contributed by atoms with Crippen LogP contribution in [-0.2, 0) is 0 Å². The van der Waals surface area contributed by atoms with Crippen molar-refractivity contribution in [2.75, 3.05) is 12.3 Å². The summed E-state index contributed by atoms with van der Waals surface area (Å²) in [5.41, 5.74) is 12.2. The topological polar surface area (TPSA) is 61.3 Å². The molecule has 1 aliphatic heterocycles. The highest BCUT2D eigenvalue weighted by atomic mass is 19.1. The average Bonchev–Trinajstić information content (AvgIpc) is 2.12. The first-order chi connectivity index (χ1) is 6.20. The van der Waals surface area contributed by atoms with Crippen LogP contribution in [0.5, 0.6) is 5.75 Å². The van der Waals surface area contributed by atoms with Gasteiger partial charge >= 0.3 is 0 Å². The van der Waals surface area contributed by atoms with Gasteiger partial charge in [0.15, 0.2) is 0 Å². The second-order valence-electron chi connectivity index (χ2n) is 3.12. The molecule has 0 bridgehead atoms. The Morgan fingerprint density at radius 3 is 2.92 bits per heavy atom. The third kappa shape index (κ3) is 1.23. The van der Waals surface area contributed by atoms with E-state index in [1.54, 1.807) is 0 Å². The van der Waals surface area contributed by atoms with Crippen molar-refractivity contribution in [2.24, 2.45) is 5.73 Å². The maximum atomic E-state index is 13.3. The number of nitrogen functional groups attached to an aromatic ring is 1. The lowest BCUT2D eigenvalue weighted by Gasteiger charge is -2.24. The minimum absolute atomic E-state index is 0.299. The number of anilines is 1. The first kappa shape index (κ1) is 8.31. The van der Waals surface area contributed by atoms with E-state index in [9.17, 15) is 4.39 Å². The van der Waals surface area contributed by atoms with Crippen LogP contribution in [0.2, 0.25) is 0 Å². The largest absolute Gasteiger partial charge is 0.491 e. The molecule has 0 saturated heterocycles. The number of hydrogen-bond donors (Lipinski definition) is 2. The fourth-order valence-electron chi connectivity index (χ4n) is 1.53.